The minimum absolute atomic E-state index is 0.0560. The zero-order chi connectivity index (χ0) is 14.7. The first-order valence-electron chi connectivity index (χ1n) is 7.98. The van der Waals surface area contributed by atoms with Crippen molar-refractivity contribution in [3.63, 3.8) is 0 Å². The second kappa shape index (κ2) is 6.33. The Hall–Kier alpha value is -1.78. The number of aromatic nitrogens is 1. The number of nitrogens with one attached hydrogen (secondary N) is 1. The van der Waals surface area contributed by atoms with Crippen LogP contribution >= 0.6 is 0 Å². The van der Waals surface area contributed by atoms with Crippen molar-refractivity contribution in [1.29, 1.82) is 0 Å². The molecule has 2 aliphatic heterocycles. The van der Waals surface area contributed by atoms with E-state index in [0.29, 0.717) is 6.54 Å². The normalized spacial score (nSPS) is 18.3. The van der Waals surface area contributed by atoms with Crippen molar-refractivity contribution >= 4 is 11.8 Å². The molecule has 2 saturated heterocycles. The van der Waals surface area contributed by atoms with Crippen LogP contribution < -0.4 is 10.2 Å². The Balaban J connectivity index is 1.67. The number of pyridine rings is 1. The van der Waals surface area contributed by atoms with Gasteiger partial charge in [-0.15, -0.1) is 0 Å². The first-order chi connectivity index (χ1) is 10.2. The van der Waals surface area contributed by atoms with Gasteiger partial charge in [0.05, 0.1) is 0 Å². The van der Waals surface area contributed by atoms with Crippen LogP contribution in [0.4, 0.5) is 10.6 Å². The predicted octanol–water partition coefficient (Wildman–Crippen LogP) is 2.30. The van der Waals surface area contributed by atoms with Crippen molar-refractivity contribution in [2.45, 2.75) is 39.2 Å². The van der Waals surface area contributed by atoms with Gasteiger partial charge in [-0.2, -0.15) is 0 Å². The molecule has 0 unspecified atom stereocenters. The quantitative estimate of drug-likeness (QED) is 0.928. The highest BCUT2D eigenvalue weighted by Gasteiger charge is 2.20. The zero-order valence-electron chi connectivity index (χ0n) is 12.8. The highest BCUT2D eigenvalue weighted by Crippen LogP contribution is 2.23. The van der Waals surface area contributed by atoms with Crippen LogP contribution in [0.3, 0.4) is 0 Å². The number of carbonyl (C=O) groups excluding carboxylic acids is 1. The largest absolute Gasteiger partial charge is 0.356 e. The van der Waals surface area contributed by atoms with Crippen LogP contribution in [0.2, 0.25) is 0 Å². The number of rotatable bonds is 3. The molecule has 2 fully saturated rings. The van der Waals surface area contributed by atoms with Gasteiger partial charge in [-0.3, -0.25) is 0 Å². The van der Waals surface area contributed by atoms with E-state index in [1.165, 1.54) is 12.8 Å². The van der Waals surface area contributed by atoms with Gasteiger partial charge < -0.3 is 15.1 Å². The molecule has 21 heavy (non-hydrogen) atoms. The molecule has 1 aromatic heterocycles. The minimum Gasteiger partial charge on any atom is -0.356 e. The molecule has 1 N–H and O–H groups in total. The summed E-state index contributed by atoms with van der Waals surface area (Å²) in [6.45, 7) is 6.50. The van der Waals surface area contributed by atoms with Crippen LogP contribution in [0.1, 0.15) is 36.9 Å². The topological polar surface area (TPSA) is 48.5 Å². The number of nitrogens with zero attached hydrogens (tertiary/aromatic N) is 3. The van der Waals surface area contributed by atoms with Crippen molar-refractivity contribution in [2.75, 3.05) is 31.1 Å². The maximum Gasteiger partial charge on any atom is 0.317 e. The number of aryl methyl sites for hydroxylation is 1. The monoisotopic (exact) mass is 288 g/mol. The highest BCUT2D eigenvalue weighted by atomic mass is 16.2. The van der Waals surface area contributed by atoms with Gasteiger partial charge >= 0.3 is 6.03 Å². The standard InChI is InChI=1S/C16H24N4O/c1-13-6-7-14(15(18-13)19-8-2-3-9-19)12-17-16(21)20-10-4-5-11-20/h6-7H,2-5,8-12H2,1H3,(H,17,21). The molecule has 3 heterocycles. The lowest BCUT2D eigenvalue weighted by Crippen LogP contribution is -2.37. The lowest BCUT2D eigenvalue weighted by molar-refractivity contribution is 0.208. The lowest BCUT2D eigenvalue weighted by atomic mass is 10.2. The van der Waals surface area contributed by atoms with Crippen molar-refractivity contribution in [1.82, 2.24) is 15.2 Å². The Bertz CT molecular complexity index is 505. The lowest BCUT2D eigenvalue weighted by Gasteiger charge is -2.22. The van der Waals surface area contributed by atoms with Gasteiger partial charge in [0, 0.05) is 44.0 Å². The Kier molecular flexibility index (Phi) is 4.27. The molecule has 5 nitrogen and oxygen atoms in total. The summed E-state index contributed by atoms with van der Waals surface area (Å²) in [7, 11) is 0. The molecule has 0 aromatic carbocycles. The first kappa shape index (κ1) is 14.2. The third-order valence-electron chi connectivity index (χ3n) is 4.32. The van der Waals surface area contributed by atoms with Crippen molar-refractivity contribution in [3.8, 4) is 0 Å². The van der Waals surface area contributed by atoms with Gasteiger partial charge in [-0.25, -0.2) is 9.78 Å². The predicted molar refractivity (Wildman–Crippen MR) is 83.5 cm³/mol. The Morgan fingerprint density at radius 1 is 1.14 bits per heavy atom. The number of hydrogen-bond acceptors (Lipinski definition) is 3. The molecule has 5 heteroatoms. The number of urea groups is 1. The molecule has 0 atom stereocenters. The third kappa shape index (κ3) is 3.28. The summed E-state index contributed by atoms with van der Waals surface area (Å²) in [6.07, 6.45) is 4.71. The molecule has 2 aliphatic rings. The van der Waals surface area contributed by atoms with E-state index in [1.807, 2.05) is 17.9 Å². The van der Waals surface area contributed by atoms with Crippen LogP contribution in [0, 0.1) is 6.92 Å². The molecule has 0 aliphatic carbocycles. The average Bonchev–Trinajstić information content (AvgIpc) is 3.18. The summed E-state index contributed by atoms with van der Waals surface area (Å²) in [5.41, 5.74) is 2.15. The fraction of sp³-hybridized carbons (Fsp3) is 0.625. The maximum atomic E-state index is 12.1. The average molecular weight is 288 g/mol. The van der Waals surface area contributed by atoms with Gasteiger partial charge in [0.15, 0.2) is 0 Å². The fourth-order valence-corrected chi connectivity index (χ4v) is 3.12. The maximum absolute atomic E-state index is 12.1. The van der Waals surface area contributed by atoms with E-state index in [4.69, 9.17) is 4.98 Å². The van der Waals surface area contributed by atoms with Gasteiger partial charge in [-0.1, -0.05) is 6.07 Å². The second-order valence-corrected chi connectivity index (χ2v) is 5.98. The van der Waals surface area contributed by atoms with Crippen LogP contribution in [0.5, 0.6) is 0 Å². The number of hydrogen-bond donors (Lipinski definition) is 1. The van der Waals surface area contributed by atoms with Crippen molar-refractivity contribution < 1.29 is 4.79 Å². The van der Waals surface area contributed by atoms with Crippen molar-refractivity contribution in [2.24, 2.45) is 0 Å². The Labute approximate surface area is 126 Å². The second-order valence-electron chi connectivity index (χ2n) is 5.98. The number of amides is 2. The molecule has 3 rings (SSSR count). The number of carbonyl (C=O) groups is 1. The Morgan fingerprint density at radius 3 is 2.52 bits per heavy atom. The molecule has 0 radical (unpaired) electrons. The number of anilines is 1. The van der Waals surface area contributed by atoms with E-state index >= 15 is 0 Å². The molecular formula is C16H24N4O. The van der Waals surface area contributed by atoms with Gasteiger partial charge in [-0.05, 0) is 38.7 Å². The summed E-state index contributed by atoms with van der Waals surface area (Å²) in [6, 6.07) is 4.18. The van der Waals surface area contributed by atoms with E-state index in [2.05, 4.69) is 16.3 Å². The molecule has 114 valence electrons. The summed E-state index contributed by atoms with van der Waals surface area (Å²) in [5.74, 6) is 1.05. The van der Waals surface area contributed by atoms with Crippen LogP contribution in [0.25, 0.3) is 0 Å². The van der Waals surface area contributed by atoms with Gasteiger partial charge in [0.2, 0.25) is 0 Å². The van der Waals surface area contributed by atoms with E-state index in [1.54, 1.807) is 0 Å². The van der Waals surface area contributed by atoms with E-state index < -0.39 is 0 Å². The van der Waals surface area contributed by atoms with Crippen LogP contribution in [-0.2, 0) is 6.54 Å². The van der Waals surface area contributed by atoms with E-state index in [9.17, 15) is 4.79 Å². The summed E-state index contributed by atoms with van der Waals surface area (Å²) >= 11 is 0. The molecule has 0 bridgehead atoms. The fourth-order valence-electron chi connectivity index (χ4n) is 3.12. The van der Waals surface area contributed by atoms with Gasteiger partial charge in [0.25, 0.3) is 0 Å². The van der Waals surface area contributed by atoms with Crippen LogP contribution in [-0.4, -0.2) is 42.1 Å². The number of likely N-dealkylation sites (tertiary alicyclic amines) is 1. The van der Waals surface area contributed by atoms with E-state index in [-0.39, 0.29) is 6.03 Å². The minimum atomic E-state index is 0.0560. The molecule has 0 spiro atoms. The summed E-state index contributed by atoms with van der Waals surface area (Å²) in [4.78, 5) is 21.0. The highest BCUT2D eigenvalue weighted by molar-refractivity contribution is 5.74. The molecule has 2 amide bonds. The summed E-state index contributed by atoms with van der Waals surface area (Å²) in [5, 5.41) is 3.04. The SMILES string of the molecule is Cc1ccc(CNC(=O)N2CCCC2)c(N2CCCC2)n1. The molecule has 0 saturated carbocycles. The Morgan fingerprint density at radius 2 is 1.81 bits per heavy atom. The smallest absolute Gasteiger partial charge is 0.317 e. The first-order valence-corrected chi connectivity index (χ1v) is 7.98. The third-order valence-corrected chi connectivity index (χ3v) is 4.32. The van der Waals surface area contributed by atoms with Crippen molar-refractivity contribution in [3.05, 3.63) is 23.4 Å². The molecule has 1 aromatic rings. The zero-order valence-corrected chi connectivity index (χ0v) is 12.8. The van der Waals surface area contributed by atoms with E-state index in [0.717, 1.165) is 56.1 Å². The van der Waals surface area contributed by atoms with Crippen LogP contribution in [0.15, 0.2) is 12.1 Å². The molecular weight excluding hydrogens is 264 g/mol. The van der Waals surface area contributed by atoms with Gasteiger partial charge in [0.1, 0.15) is 5.82 Å². The summed E-state index contributed by atoms with van der Waals surface area (Å²) < 4.78 is 0.